The minimum Gasteiger partial charge on any atom is -0.490 e. The number of ether oxygens (including phenoxy) is 1. The van der Waals surface area contributed by atoms with Gasteiger partial charge in [-0.05, 0) is 26.7 Å². The molecule has 3 heterocycles. The molecule has 1 aliphatic rings. The average molecular weight is 302 g/mol. The molecule has 2 aromatic rings. The van der Waals surface area contributed by atoms with Crippen LogP contribution in [-0.4, -0.2) is 38.8 Å². The van der Waals surface area contributed by atoms with Crippen LogP contribution in [0.2, 0.25) is 0 Å². The summed E-state index contributed by atoms with van der Waals surface area (Å²) < 4.78 is 4.95. The van der Waals surface area contributed by atoms with E-state index in [4.69, 9.17) is 4.74 Å². The highest BCUT2D eigenvalue weighted by Crippen LogP contribution is 2.32. The molecule has 1 saturated heterocycles. The van der Waals surface area contributed by atoms with E-state index in [-0.39, 0.29) is 17.4 Å². The van der Waals surface area contributed by atoms with Gasteiger partial charge in [-0.25, -0.2) is 9.97 Å². The second kappa shape index (κ2) is 5.70. The van der Waals surface area contributed by atoms with Crippen molar-refractivity contribution in [2.24, 2.45) is 0 Å². The van der Waals surface area contributed by atoms with Crippen molar-refractivity contribution >= 4 is 5.95 Å². The van der Waals surface area contributed by atoms with Crippen LogP contribution in [0.5, 0.6) is 5.75 Å². The maximum absolute atomic E-state index is 11.9. The molecule has 22 heavy (non-hydrogen) atoms. The van der Waals surface area contributed by atoms with E-state index in [9.17, 15) is 4.79 Å². The van der Waals surface area contributed by atoms with E-state index in [2.05, 4.69) is 25.1 Å². The third kappa shape index (κ3) is 2.51. The van der Waals surface area contributed by atoms with Gasteiger partial charge in [0.1, 0.15) is 5.82 Å². The first-order valence-corrected chi connectivity index (χ1v) is 7.18. The molecule has 1 N–H and O–H groups in total. The number of aromatic nitrogens is 5. The summed E-state index contributed by atoms with van der Waals surface area (Å²) in [6.07, 6.45) is 3.31. The van der Waals surface area contributed by atoms with Gasteiger partial charge in [0.15, 0.2) is 0 Å². The highest BCUT2D eigenvalue weighted by atomic mass is 16.5. The summed E-state index contributed by atoms with van der Waals surface area (Å²) in [5.41, 5.74) is 1.39. The minimum absolute atomic E-state index is 0.0532. The Hall–Kier alpha value is -2.51. The Morgan fingerprint density at radius 3 is 2.82 bits per heavy atom. The lowest BCUT2D eigenvalue weighted by atomic mass is 10.2. The number of anilines is 1. The number of rotatable bonds is 3. The van der Waals surface area contributed by atoms with Crippen LogP contribution in [0.4, 0.5) is 5.95 Å². The molecule has 0 aromatic carbocycles. The van der Waals surface area contributed by atoms with Gasteiger partial charge in [-0.15, -0.1) is 5.10 Å². The first-order valence-electron chi connectivity index (χ1n) is 7.18. The molecule has 1 unspecified atom stereocenters. The monoisotopic (exact) mass is 302 g/mol. The van der Waals surface area contributed by atoms with E-state index in [1.807, 2.05) is 18.7 Å². The van der Waals surface area contributed by atoms with Gasteiger partial charge in [-0.3, -0.25) is 4.79 Å². The van der Waals surface area contributed by atoms with Gasteiger partial charge in [-0.1, -0.05) is 0 Å². The van der Waals surface area contributed by atoms with Crippen molar-refractivity contribution in [3.63, 3.8) is 0 Å². The standard InChI is InChI=1S/C14H18N6O2/c1-8-9(2)18-19-14(16-8)20-6-4-5-10(20)12-15-7-11(22-3)13(21)17-12/h7,10H,4-6H2,1-3H3,(H,15,17,21). The molecule has 116 valence electrons. The van der Waals surface area contributed by atoms with Crippen LogP contribution >= 0.6 is 0 Å². The lowest BCUT2D eigenvalue weighted by molar-refractivity contribution is 0.404. The van der Waals surface area contributed by atoms with E-state index in [0.29, 0.717) is 11.8 Å². The van der Waals surface area contributed by atoms with Crippen molar-refractivity contribution in [3.8, 4) is 5.75 Å². The van der Waals surface area contributed by atoms with Crippen LogP contribution in [-0.2, 0) is 0 Å². The van der Waals surface area contributed by atoms with Gasteiger partial charge in [0.25, 0.3) is 5.56 Å². The molecule has 1 atom stereocenters. The fourth-order valence-corrected chi connectivity index (χ4v) is 2.57. The summed E-state index contributed by atoms with van der Waals surface area (Å²) in [6, 6.07) is -0.0532. The Bertz CT molecular complexity index is 744. The Balaban J connectivity index is 1.94. The first-order chi connectivity index (χ1) is 10.6. The molecule has 0 saturated carbocycles. The van der Waals surface area contributed by atoms with E-state index < -0.39 is 0 Å². The second-order valence-electron chi connectivity index (χ2n) is 5.30. The van der Waals surface area contributed by atoms with Crippen molar-refractivity contribution < 1.29 is 4.74 Å². The van der Waals surface area contributed by atoms with Crippen molar-refractivity contribution in [2.75, 3.05) is 18.6 Å². The second-order valence-corrected chi connectivity index (χ2v) is 5.30. The quantitative estimate of drug-likeness (QED) is 0.900. The van der Waals surface area contributed by atoms with Gasteiger partial charge in [-0.2, -0.15) is 5.10 Å². The topological polar surface area (TPSA) is 96.9 Å². The summed E-state index contributed by atoms with van der Waals surface area (Å²) in [5, 5.41) is 8.30. The Morgan fingerprint density at radius 1 is 1.32 bits per heavy atom. The van der Waals surface area contributed by atoms with Crippen LogP contribution in [0.3, 0.4) is 0 Å². The number of hydrogen-bond donors (Lipinski definition) is 1. The van der Waals surface area contributed by atoms with Gasteiger partial charge >= 0.3 is 0 Å². The third-order valence-corrected chi connectivity index (χ3v) is 3.91. The van der Waals surface area contributed by atoms with E-state index >= 15 is 0 Å². The zero-order valence-electron chi connectivity index (χ0n) is 12.8. The van der Waals surface area contributed by atoms with Crippen LogP contribution in [0, 0.1) is 13.8 Å². The fourth-order valence-electron chi connectivity index (χ4n) is 2.57. The summed E-state index contributed by atoms with van der Waals surface area (Å²) in [4.78, 5) is 25.5. The normalized spacial score (nSPS) is 17.8. The number of aryl methyl sites for hydroxylation is 2. The number of nitrogens with one attached hydrogen (secondary N) is 1. The molecule has 0 radical (unpaired) electrons. The Morgan fingerprint density at radius 2 is 2.14 bits per heavy atom. The molecule has 3 rings (SSSR count). The lowest BCUT2D eigenvalue weighted by Gasteiger charge is -2.23. The molecule has 0 spiro atoms. The van der Waals surface area contributed by atoms with Crippen LogP contribution in [0.25, 0.3) is 0 Å². The number of aromatic amines is 1. The highest BCUT2D eigenvalue weighted by Gasteiger charge is 2.30. The zero-order valence-corrected chi connectivity index (χ0v) is 12.8. The molecule has 0 amide bonds. The number of nitrogens with zero attached hydrogens (tertiary/aromatic N) is 5. The molecule has 2 aromatic heterocycles. The van der Waals surface area contributed by atoms with Gasteiger partial charge < -0.3 is 14.6 Å². The SMILES string of the molecule is COc1cnc(C2CCCN2c2nnc(C)c(C)n2)[nH]c1=O. The van der Waals surface area contributed by atoms with Crippen LogP contribution in [0.1, 0.15) is 36.1 Å². The summed E-state index contributed by atoms with van der Waals surface area (Å²) in [5.74, 6) is 1.38. The molecule has 1 fully saturated rings. The summed E-state index contributed by atoms with van der Waals surface area (Å²) in [6.45, 7) is 4.60. The molecular weight excluding hydrogens is 284 g/mol. The molecule has 8 nitrogen and oxygen atoms in total. The molecule has 0 bridgehead atoms. The number of methoxy groups -OCH3 is 1. The largest absolute Gasteiger partial charge is 0.490 e. The Kier molecular flexibility index (Phi) is 3.74. The molecule has 1 aliphatic heterocycles. The van der Waals surface area contributed by atoms with Gasteiger partial charge in [0, 0.05) is 6.54 Å². The summed E-state index contributed by atoms with van der Waals surface area (Å²) >= 11 is 0. The molecule has 8 heteroatoms. The predicted octanol–water partition coefficient (Wildman–Crippen LogP) is 0.922. The van der Waals surface area contributed by atoms with E-state index in [1.54, 1.807) is 0 Å². The van der Waals surface area contributed by atoms with Crippen molar-refractivity contribution in [1.29, 1.82) is 0 Å². The maximum Gasteiger partial charge on any atom is 0.293 e. The van der Waals surface area contributed by atoms with Crippen molar-refractivity contribution in [1.82, 2.24) is 25.1 Å². The lowest BCUT2D eigenvalue weighted by Crippen LogP contribution is -2.28. The Labute approximate surface area is 127 Å². The highest BCUT2D eigenvalue weighted by molar-refractivity contribution is 5.35. The number of hydrogen-bond acceptors (Lipinski definition) is 7. The number of H-pyrrole nitrogens is 1. The first kappa shape index (κ1) is 14.4. The van der Waals surface area contributed by atoms with Crippen molar-refractivity contribution in [2.45, 2.75) is 32.7 Å². The zero-order chi connectivity index (χ0) is 15.7. The van der Waals surface area contributed by atoms with Crippen LogP contribution in [0.15, 0.2) is 11.0 Å². The summed E-state index contributed by atoms with van der Waals surface area (Å²) in [7, 11) is 1.45. The van der Waals surface area contributed by atoms with E-state index in [1.165, 1.54) is 13.3 Å². The van der Waals surface area contributed by atoms with E-state index in [0.717, 1.165) is 30.8 Å². The van der Waals surface area contributed by atoms with Crippen LogP contribution < -0.4 is 15.2 Å². The fraction of sp³-hybridized carbons (Fsp3) is 0.500. The average Bonchev–Trinajstić information content (AvgIpc) is 2.99. The van der Waals surface area contributed by atoms with Gasteiger partial charge in [0.05, 0.1) is 30.7 Å². The smallest absolute Gasteiger partial charge is 0.293 e. The minimum atomic E-state index is -0.279. The molecular formula is C14H18N6O2. The predicted molar refractivity (Wildman–Crippen MR) is 80.0 cm³/mol. The van der Waals surface area contributed by atoms with Gasteiger partial charge in [0.2, 0.25) is 11.7 Å². The third-order valence-electron chi connectivity index (χ3n) is 3.91. The maximum atomic E-state index is 11.9. The van der Waals surface area contributed by atoms with Crippen molar-refractivity contribution in [3.05, 3.63) is 33.8 Å². The molecule has 0 aliphatic carbocycles.